The Balaban J connectivity index is 2.14. The third-order valence-electron chi connectivity index (χ3n) is 2.79. The average molecular weight is 277 g/mol. The van der Waals surface area contributed by atoms with Gasteiger partial charge in [0, 0.05) is 11.4 Å². The molecule has 0 unspecified atom stereocenters. The largest absolute Gasteiger partial charge is 0.497 e. The number of benzene rings is 1. The molecule has 0 saturated heterocycles. The maximum atomic E-state index is 5.35. The zero-order chi connectivity index (χ0) is 12.5. The summed E-state index contributed by atoms with van der Waals surface area (Å²) in [6.45, 7) is 0.676. The molecule has 1 N–H and O–H groups in total. The van der Waals surface area contributed by atoms with Gasteiger partial charge >= 0.3 is 0 Å². The summed E-state index contributed by atoms with van der Waals surface area (Å²) in [6, 6.07) is 5.87. The number of hydrogen-bond acceptors (Lipinski definition) is 4. The summed E-state index contributed by atoms with van der Waals surface area (Å²) >= 11 is 6.93. The molecule has 0 aliphatic heterocycles. The maximum Gasteiger partial charge on any atom is 0.178 e. The second-order valence-corrected chi connectivity index (χ2v) is 4.98. The van der Waals surface area contributed by atoms with E-state index in [1.807, 2.05) is 33.7 Å². The molecule has 0 bridgehead atoms. The van der Waals surface area contributed by atoms with Gasteiger partial charge in [0.1, 0.15) is 5.75 Å². The number of imidazole rings is 1. The van der Waals surface area contributed by atoms with Crippen molar-refractivity contribution in [3.63, 3.8) is 0 Å². The number of H-pyrrole nitrogens is 1. The molecular formula is C12H11N3OS2. The van der Waals surface area contributed by atoms with E-state index >= 15 is 0 Å². The topological polar surface area (TPSA) is 42.8 Å². The third kappa shape index (κ3) is 1.93. The molecule has 0 saturated carbocycles. The normalized spacial score (nSPS) is 10.9. The summed E-state index contributed by atoms with van der Waals surface area (Å²) in [4.78, 5) is 7.48. The molecule has 4 nitrogen and oxygen atoms in total. The van der Waals surface area contributed by atoms with Crippen molar-refractivity contribution in [2.75, 3.05) is 7.11 Å². The molecule has 0 radical (unpaired) electrons. The van der Waals surface area contributed by atoms with E-state index in [-0.39, 0.29) is 0 Å². The van der Waals surface area contributed by atoms with Gasteiger partial charge in [0.15, 0.2) is 4.77 Å². The summed E-state index contributed by atoms with van der Waals surface area (Å²) in [6.07, 6.45) is 0. The molecule has 0 amide bonds. The van der Waals surface area contributed by atoms with Gasteiger partial charge in [0.05, 0.1) is 35.9 Å². The fourth-order valence-corrected chi connectivity index (χ4v) is 2.72. The highest BCUT2D eigenvalue weighted by molar-refractivity contribution is 7.71. The molecule has 0 aliphatic carbocycles. The molecule has 2 aromatic heterocycles. The molecule has 0 spiro atoms. The number of ether oxygens (including phenoxy) is 1. The van der Waals surface area contributed by atoms with Crippen molar-refractivity contribution in [2.24, 2.45) is 0 Å². The fraction of sp³-hybridized carbons (Fsp3) is 0.167. The van der Waals surface area contributed by atoms with E-state index in [1.165, 1.54) is 0 Å². The summed E-state index contributed by atoms with van der Waals surface area (Å²) in [7, 11) is 1.66. The van der Waals surface area contributed by atoms with Crippen molar-refractivity contribution in [1.29, 1.82) is 0 Å². The lowest BCUT2D eigenvalue weighted by Crippen LogP contribution is -1.99. The van der Waals surface area contributed by atoms with Crippen LogP contribution in [0.5, 0.6) is 5.75 Å². The Labute approximate surface area is 113 Å². The number of methoxy groups -OCH3 is 1. The minimum absolute atomic E-state index is 0.676. The summed E-state index contributed by atoms with van der Waals surface area (Å²) in [5, 5.41) is 2.03. The van der Waals surface area contributed by atoms with Crippen LogP contribution in [0.2, 0.25) is 0 Å². The van der Waals surface area contributed by atoms with Crippen LogP contribution in [0.3, 0.4) is 0 Å². The summed E-state index contributed by atoms with van der Waals surface area (Å²) < 4.78 is 7.98. The van der Waals surface area contributed by atoms with Gasteiger partial charge in [-0.05, 0) is 24.4 Å². The Bertz CT molecular complexity index is 727. The first-order valence-electron chi connectivity index (χ1n) is 5.41. The number of aromatic nitrogens is 3. The summed E-state index contributed by atoms with van der Waals surface area (Å²) in [5.41, 5.74) is 4.89. The van der Waals surface area contributed by atoms with Gasteiger partial charge in [-0.1, -0.05) is 0 Å². The fourth-order valence-electron chi connectivity index (χ4n) is 1.89. The van der Waals surface area contributed by atoms with Crippen molar-refractivity contribution >= 4 is 34.6 Å². The molecule has 3 rings (SSSR count). The van der Waals surface area contributed by atoms with Crippen molar-refractivity contribution < 1.29 is 4.74 Å². The molecule has 0 aliphatic rings. The highest BCUT2D eigenvalue weighted by atomic mass is 32.1. The zero-order valence-corrected chi connectivity index (χ0v) is 11.3. The monoisotopic (exact) mass is 277 g/mol. The predicted molar refractivity (Wildman–Crippen MR) is 74.9 cm³/mol. The number of nitrogens with zero attached hydrogens (tertiary/aromatic N) is 2. The lowest BCUT2D eigenvalue weighted by atomic mass is 10.3. The Morgan fingerprint density at radius 1 is 1.50 bits per heavy atom. The van der Waals surface area contributed by atoms with Crippen molar-refractivity contribution in [2.45, 2.75) is 6.54 Å². The van der Waals surface area contributed by atoms with Crippen LogP contribution in [0.4, 0.5) is 0 Å². The second-order valence-electron chi connectivity index (χ2n) is 3.88. The van der Waals surface area contributed by atoms with Crippen LogP contribution in [0.25, 0.3) is 11.0 Å². The highest BCUT2D eigenvalue weighted by Crippen LogP contribution is 2.21. The van der Waals surface area contributed by atoms with Gasteiger partial charge in [-0.15, -0.1) is 11.3 Å². The van der Waals surface area contributed by atoms with Crippen LogP contribution < -0.4 is 4.74 Å². The van der Waals surface area contributed by atoms with E-state index in [0.29, 0.717) is 11.3 Å². The third-order valence-corrected chi connectivity index (χ3v) is 3.74. The number of aromatic amines is 1. The molecule has 6 heteroatoms. The SMILES string of the molecule is COc1ccc2[nH]c(=S)n(Cc3cscn3)c2c1. The van der Waals surface area contributed by atoms with E-state index < -0.39 is 0 Å². The van der Waals surface area contributed by atoms with Gasteiger partial charge in [-0.25, -0.2) is 4.98 Å². The molecule has 3 aromatic rings. The molecule has 2 heterocycles. The van der Waals surface area contributed by atoms with Crippen LogP contribution in [0.1, 0.15) is 5.69 Å². The van der Waals surface area contributed by atoms with Crippen LogP contribution in [0, 0.1) is 4.77 Å². The second kappa shape index (κ2) is 4.55. The van der Waals surface area contributed by atoms with Gasteiger partial charge < -0.3 is 14.3 Å². The van der Waals surface area contributed by atoms with Crippen LogP contribution in [0.15, 0.2) is 29.1 Å². The molecule has 1 aromatic carbocycles. The number of nitrogens with one attached hydrogen (secondary N) is 1. The number of fused-ring (bicyclic) bond motifs is 1. The lowest BCUT2D eigenvalue weighted by molar-refractivity contribution is 0.415. The van der Waals surface area contributed by atoms with Crippen molar-refractivity contribution in [3.05, 3.63) is 39.6 Å². The van der Waals surface area contributed by atoms with Crippen LogP contribution >= 0.6 is 23.6 Å². The first kappa shape index (κ1) is 11.4. The van der Waals surface area contributed by atoms with Gasteiger partial charge in [-0.3, -0.25) is 0 Å². The highest BCUT2D eigenvalue weighted by Gasteiger charge is 2.07. The predicted octanol–water partition coefficient (Wildman–Crippen LogP) is 3.21. The van der Waals surface area contributed by atoms with Gasteiger partial charge in [0.2, 0.25) is 0 Å². The molecular weight excluding hydrogens is 266 g/mol. The number of rotatable bonds is 3. The Morgan fingerprint density at radius 3 is 3.11 bits per heavy atom. The first-order chi connectivity index (χ1) is 8.78. The molecule has 0 atom stereocenters. The minimum atomic E-state index is 0.676. The van der Waals surface area contributed by atoms with Gasteiger partial charge in [0.25, 0.3) is 0 Å². The van der Waals surface area contributed by atoms with E-state index in [9.17, 15) is 0 Å². The maximum absolute atomic E-state index is 5.35. The van der Waals surface area contributed by atoms with Crippen LogP contribution in [-0.4, -0.2) is 21.6 Å². The Hall–Kier alpha value is -1.66. The van der Waals surface area contributed by atoms with E-state index in [0.717, 1.165) is 22.5 Å². The Kier molecular flexibility index (Phi) is 2.89. The first-order valence-corrected chi connectivity index (χ1v) is 6.76. The lowest BCUT2D eigenvalue weighted by Gasteiger charge is -2.03. The van der Waals surface area contributed by atoms with E-state index in [4.69, 9.17) is 17.0 Å². The van der Waals surface area contributed by atoms with Crippen molar-refractivity contribution in [3.8, 4) is 5.75 Å². The molecule has 18 heavy (non-hydrogen) atoms. The van der Waals surface area contributed by atoms with Gasteiger partial charge in [-0.2, -0.15) is 0 Å². The molecule has 0 fully saturated rings. The number of hydrogen-bond donors (Lipinski definition) is 1. The number of thiazole rings is 1. The Morgan fingerprint density at radius 2 is 2.39 bits per heavy atom. The van der Waals surface area contributed by atoms with Crippen LogP contribution in [-0.2, 0) is 6.54 Å². The summed E-state index contributed by atoms with van der Waals surface area (Å²) in [5.74, 6) is 0.823. The zero-order valence-electron chi connectivity index (χ0n) is 9.71. The van der Waals surface area contributed by atoms with E-state index in [2.05, 4.69) is 9.97 Å². The van der Waals surface area contributed by atoms with E-state index in [1.54, 1.807) is 18.4 Å². The standard InChI is InChI=1S/C12H11N3OS2/c1-16-9-2-3-10-11(4-9)15(12(17)14-10)5-8-6-18-7-13-8/h2-4,6-7H,5H2,1H3,(H,14,17). The van der Waals surface area contributed by atoms with Crippen molar-refractivity contribution in [1.82, 2.24) is 14.5 Å². The quantitative estimate of drug-likeness (QED) is 0.748. The average Bonchev–Trinajstić information content (AvgIpc) is 2.99. The smallest absolute Gasteiger partial charge is 0.178 e. The molecule has 92 valence electrons. The minimum Gasteiger partial charge on any atom is -0.497 e.